The Hall–Kier alpha value is -0.565. The average Bonchev–Trinajstić information content (AvgIpc) is 2.51. The van der Waals surface area contributed by atoms with Crippen LogP contribution in [0.4, 0.5) is 0 Å². The maximum atomic E-state index is 7.43. The topological polar surface area (TPSA) is 32.0 Å². The first-order valence-corrected chi connectivity index (χ1v) is 6.41. The molecule has 0 spiro atoms. The van der Waals surface area contributed by atoms with Crippen LogP contribution in [0.2, 0.25) is 0 Å². The van der Waals surface area contributed by atoms with Crippen molar-refractivity contribution < 1.29 is 14.2 Å². The molecular formula is C13H22BNO3. The van der Waals surface area contributed by atoms with E-state index < -0.39 is 11.7 Å². The highest BCUT2D eigenvalue weighted by molar-refractivity contribution is 6.11. The Balaban J connectivity index is 2.88. The summed E-state index contributed by atoms with van der Waals surface area (Å²) in [5.41, 5.74) is -1.12. The molecule has 1 aliphatic rings. The zero-order valence-corrected chi connectivity index (χ0v) is 11.8. The first-order valence-electron chi connectivity index (χ1n) is 6.41. The Morgan fingerprint density at radius 1 is 1.33 bits per heavy atom. The van der Waals surface area contributed by atoms with Crippen LogP contribution in [0.15, 0.2) is 0 Å². The van der Waals surface area contributed by atoms with Crippen molar-refractivity contribution in [3.05, 3.63) is 11.4 Å². The molecule has 0 aliphatic carbocycles. The number of nitrogens with zero attached hydrogens (tertiary/aromatic N) is 1. The molecule has 0 saturated carbocycles. The van der Waals surface area contributed by atoms with Crippen LogP contribution < -0.4 is 0 Å². The molecule has 4 atom stereocenters. The SMILES string of the molecule is [B][C@@H]1O[C@@](COC(C)C)([N+]#[C-])C(OC(C)C)[C@@H]1C. The molecule has 2 radical (unpaired) electrons. The minimum Gasteiger partial charge on any atom is -0.367 e. The van der Waals surface area contributed by atoms with Gasteiger partial charge in [0.25, 0.3) is 0 Å². The van der Waals surface area contributed by atoms with Crippen molar-refractivity contribution in [3.8, 4) is 0 Å². The molecule has 100 valence electrons. The molecule has 1 aliphatic heterocycles. The summed E-state index contributed by atoms with van der Waals surface area (Å²) in [6, 6.07) is -0.487. The van der Waals surface area contributed by atoms with Gasteiger partial charge in [0.05, 0.1) is 12.2 Å². The van der Waals surface area contributed by atoms with E-state index in [0.29, 0.717) is 0 Å². The van der Waals surface area contributed by atoms with E-state index in [0.717, 1.165) is 0 Å². The van der Waals surface area contributed by atoms with Gasteiger partial charge in [-0.1, -0.05) is 6.92 Å². The van der Waals surface area contributed by atoms with Crippen molar-refractivity contribution in [2.45, 2.75) is 64.7 Å². The van der Waals surface area contributed by atoms with Gasteiger partial charge in [0.1, 0.15) is 7.85 Å². The molecule has 5 heteroatoms. The molecule has 0 aromatic rings. The third-order valence-corrected chi connectivity index (χ3v) is 3.01. The standard InChI is InChI=1S/C13H22BNO3/c1-8(2)16-7-13(15-6)11(17-9(3)4)10(5)12(14)18-13/h8-12H,7H2,1-5H3/t10-,11?,12+,13+/m0/s1. The Morgan fingerprint density at radius 2 is 1.94 bits per heavy atom. The number of hydrogen-bond acceptors (Lipinski definition) is 3. The second-order valence-electron chi connectivity index (χ2n) is 5.36. The highest BCUT2D eigenvalue weighted by Crippen LogP contribution is 2.38. The van der Waals surface area contributed by atoms with E-state index in [2.05, 4.69) is 4.85 Å². The lowest BCUT2D eigenvalue weighted by atomic mass is 9.85. The van der Waals surface area contributed by atoms with E-state index in [9.17, 15) is 0 Å². The summed E-state index contributed by atoms with van der Waals surface area (Å²) in [6.45, 7) is 17.3. The molecule has 18 heavy (non-hydrogen) atoms. The van der Waals surface area contributed by atoms with Crippen LogP contribution in [0.1, 0.15) is 34.6 Å². The van der Waals surface area contributed by atoms with Crippen molar-refractivity contribution in [1.29, 1.82) is 0 Å². The van der Waals surface area contributed by atoms with Gasteiger partial charge in [-0.2, -0.15) is 0 Å². The quantitative estimate of drug-likeness (QED) is 0.553. The number of rotatable bonds is 5. The van der Waals surface area contributed by atoms with E-state index in [4.69, 9.17) is 28.6 Å². The van der Waals surface area contributed by atoms with Crippen LogP contribution in [0, 0.1) is 12.5 Å². The van der Waals surface area contributed by atoms with Gasteiger partial charge in [-0.25, -0.2) is 6.57 Å². The first kappa shape index (κ1) is 15.5. The molecule has 0 N–H and O–H groups in total. The number of hydrogen-bond donors (Lipinski definition) is 0. The van der Waals surface area contributed by atoms with Gasteiger partial charge >= 0.3 is 5.72 Å². The fourth-order valence-corrected chi connectivity index (χ4v) is 2.04. The van der Waals surface area contributed by atoms with Crippen molar-refractivity contribution in [2.75, 3.05) is 6.61 Å². The van der Waals surface area contributed by atoms with Gasteiger partial charge in [-0.05, 0) is 27.7 Å². The van der Waals surface area contributed by atoms with Crippen LogP contribution in [0.3, 0.4) is 0 Å². The third-order valence-electron chi connectivity index (χ3n) is 3.01. The lowest BCUT2D eigenvalue weighted by Gasteiger charge is -2.26. The molecule has 1 unspecified atom stereocenters. The molecule has 4 nitrogen and oxygen atoms in total. The Labute approximate surface area is 111 Å². The smallest absolute Gasteiger partial charge is 0.367 e. The van der Waals surface area contributed by atoms with Gasteiger partial charge in [-0.15, -0.1) is 0 Å². The highest BCUT2D eigenvalue weighted by atomic mass is 16.6. The minimum absolute atomic E-state index is 0.0199. The third kappa shape index (κ3) is 3.25. The van der Waals surface area contributed by atoms with E-state index in [1.165, 1.54) is 0 Å². The molecular weight excluding hydrogens is 229 g/mol. The molecule has 1 saturated heterocycles. The largest absolute Gasteiger partial charge is 0.386 e. The first-order chi connectivity index (χ1) is 8.32. The van der Waals surface area contributed by atoms with E-state index in [1.54, 1.807) is 0 Å². The van der Waals surface area contributed by atoms with Gasteiger partial charge in [0.15, 0.2) is 12.7 Å². The Bertz CT molecular complexity index is 316. The van der Waals surface area contributed by atoms with Gasteiger partial charge < -0.3 is 14.2 Å². The molecule has 0 aromatic heterocycles. The zero-order valence-electron chi connectivity index (χ0n) is 11.8. The van der Waals surface area contributed by atoms with Gasteiger partial charge in [0.2, 0.25) is 0 Å². The monoisotopic (exact) mass is 251 g/mol. The van der Waals surface area contributed by atoms with Crippen LogP contribution >= 0.6 is 0 Å². The van der Waals surface area contributed by atoms with Gasteiger partial charge in [0, 0.05) is 11.9 Å². The lowest BCUT2D eigenvalue weighted by Crippen LogP contribution is -2.45. The van der Waals surface area contributed by atoms with Crippen LogP contribution in [-0.2, 0) is 14.2 Å². The minimum atomic E-state index is -1.12. The predicted molar refractivity (Wildman–Crippen MR) is 70.2 cm³/mol. The van der Waals surface area contributed by atoms with Crippen molar-refractivity contribution in [2.24, 2.45) is 5.92 Å². The predicted octanol–water partition coefficient (Wildman–Crippen LogP) is 1.98. The van der Waals surface area contributed by atoms with Crippen molar-refractivity contribution in [3.63, 3.8) is 0 Å². The maximum Gasteiger partial charge on any atom is 0.386 e. The van der Waals surface area contributed by atoms with Crippen LogP contribution in [0.5, 0.6) is 0 Å². The fraction of sp³-hybridized carbons (Fsp3) is 0.923. The van der Waals surface area contributed by atoms with E-state index in [-0.39, 0.29) is 30.8 Å². The lowest BCUT2D eigenvalue weighted by molar-refractivity contribution is -0.127. The maximum absolute atomic E-state index is 7.43. The van der Waals surface area contributed by atoms with Gasteiger partial charge in [-0.3, -0.25) is 4.85 Å². The second kappa shape index (κ2) is 6.05. The van der Waals surface area contributed by atoms with Crippen LogP contribution in [-0.4, -0.2) is 44.5 Å². The summed E-state index contributed by atoms with van der Waals surface area (Å²) < 4.78 is 17.0. The molecule has 0 aromatic carbocycles. The molecule has 0 amide bonds. The average molecular weight is 251 g/mol. The number of ether oxygens (including phenoxy) is 3. The summed E-state index contributed by atoms with van der Waals surface area (Å²) in [7, 11) is 5.90. The molecule has 1 heterocycles. The Kier molecular flexibility index (Phi) is 5.21. The highest BCUT2D eigenvalue weighted by Gasteiger charge is 2.59. The van der Waals surface area contributed by atoms with Crippen LogP contribution in [0.25, 0.3) is 4.85 Å². The summed E-state index contributed by atoms with van der Waals surface area (Å²) in [5, 5.41) is 0. The van der Waals surface area contributed by atoms with Crippen molar-refractivity contribution in [1.82, 2.24) is 0 Å². The fourth-order valence-electron chi connectivity index (χ4n) is 2.04. The normalized spacial score (nSPS) is 36.2. The summed E-state index contributed by atoms with van der Waals surface area (Å²) in [5.74, 6) is -0.0303. The second-order valence-corrected chi connectivity index (χ2v) is 5.36. The Morgan fingerprint density at radius 3 is 2.39 bits per heavy atom. The summed E-state index contributed by atoms with van der Waals surface area (Å²) in [6.07, 6.45) is -0.297. The molecule has 1 rings (SSSR count). The summed E-state index contributed by atoms with van der Waals surface area (Å²) >= 11 is 0. The zero-order chi connectivity index (χ0) is 13.9. The van der Waals surface area contributed by atoms with Crippen molar-refractivity contribution >= 4 is 7.85 Å². The van der Waals surface area contributed by atoms with E-state index in [1.807, 2.05) is 34.6 Å². The summed E-state index contributed by atoms with van der Waals surface area (Å²) in [4.78, 5) is 3.62. The molecule has 1 fully saturated rings. The van der Waals surface area contributed by atoms with E-state index >= 15 is 0 Å². The molecule has 0 bridgehead atoms.